The summed E-state index contributed by atoms with van der Waals surface area (Å²) in [6.07, 6.45) is 13.1. The number of hydrogen-bond acceptors (Lipinski definition) is 5. The Kier molecular flexibility index (Phi) is 6.95. The van der Waals surface area contributed by atoms with Gasteiger partial charge in [0, 0.05) is 48.7 Å². The van der Waals surface area contributed by atoms with Gasteiger partial charge in [-0.2, -0.15) is 0 Å². The second-order valence-corrected chi connectivity index (χ2v) is 16.8. The Hall–Kier alpha value is -3.17. The van der Waals surface area contributed by atoms with Crippen LogP contribution in [0.25, 0.3) is 10.9 Å². The molecule has 2 aromatic rings. The second kappa shape index (κ2) is 10.7. The molecular weight excluding hydrogens is 584 g/mol. The molecule has 6 aliphatic rings. The summed E-state index contributed by atoms with van der Waals surface area (Å²) in [5, 5.41) is 0.473. The molecule has 1 aromatic heterocycles. The molecule has 2 amide bonds. The molecule has 0 spiro atoms. The van der Waals surface area contributed by atoms with Gasteiger partial charge in [0.15, 0.2) is 0 Å². The lowest BCUT2D eigenvalue weighted by atomic mass is 9.75. The van der Waals surface area contributed by atoms with Gasteiger partial charge in [-0.25, -0.2) is 13.1 Å². The van der Waals surface area contributed by atoms with Gasteiger partial charge in [-0.15, -0.1) is 0 Å². The number of allylic oxidation sites excluding steroid dienone is 4. The number of fused-ring (bicyclic) bond motifs is 8. The van der Waals surface area contributed by atoms with E-state index < -0.39 is 21.2 Å². The molecule has 1 aromatic carbocycles. The Labute approximate surface area is 266 Å². The van der Waals surface area contributed by atoms with Gasteiger partial charge in [0.1, 0.15) is 0 Å². The number of likely N-dealkylation sites (tertiary alicyclic amines) is 1. The van der Waals surface area contributed by atoms with Crippen LogP contribution >= 0.6 is 0 Å². The third kappa shape index (κ3) is 4.67. The Morgan fingerprint density at radius 2 is 1.73 bits per heavy atom. The maximum absolute atomic E-state index is 14.7. The summed E-state index contributed by atoms with van der Waals surface area (Å²) in [5.74, 6) is -0.300. The lowest BCUT2D eigenvalue weighted by molar-refractivity contribution is -0.141. The average Bonchev–Trinajstić information content (AvgIpc) is 3.56. The summed E-state index contributed by atoms with van der Waals surface area (Å²) in [4.78, 5) is 32.9. The summed E-state index contributed by atoms with van der Waals surface area (Å²) >= 11 is 0. The smallest absolute Gasteiger partial charge is 0.265 e. The van der Waals surface area contributed by atoms with E-state index in [0.717, 1.165) is 48.3 Å². The van der Waals surface area contributed by atoms with Crippen LogP contribution in [0.3, 0.4) is 0 Å². The lowest BCUT2D eigenvalue weighted by Gasteiger charge is -2.43. The Morgan fingerprint density at radius 3 is 2.44 bits per heavy atom. The predicted octanol–water partition coefficient (Wildman–Crippen LogP) is 5.13. The normalized spacial score (nSPS) is 28.3. The van der Waals surface area contributed by atoms with E-state index in [2.05, 4.69) is 62.6 Å². The summed E-state index contributed by atoms with van der Waals surface area (Å²) in [7, 11) is -1.63. The van der Waals surface area contributed by atoms with Gasteiger partial charge in [-0.05, 0) is 87.3 Å². The number of carbonyl (C=O) groups excluding carboxylic acids is 2. The minimum Gasteiger partial charge on any atom is -0.339 e. The number of para-hydroxylation sites is 1. The van der Waals surface area contributed by atoms with Gasteiger partial charge in [0.2, 0.25) is 15.9 Å². The van der Waals surface area contributed by atoms with Crippen molar-refractivity contribution in [2.45, 2.75) is 101 Å². The maximum Gasteiger partial charge on any atom is 0.265 e. The number of rotatable bonds is 5. The second-order valence-electron chi connectivity index (χ2n) is 14.6. The van der Waals surface area contributed by atoms with Crippen LogP contribution in [-0.2, 0) is 26.2 Å². The fourth-order valence-electron chi connectivity index (χ4n) is 9.27. The van der Waals surface area contributed by atoms with Gasteiger partial charge < -0.3 is 14.4 Å². The molecule has 0 radical (unpaired) electrons. The molecular formula is C36H44N4O4S. The number of nitrogens with one attached hydrogen (secondary N) is 1. The van der Waals surface area contributed by atoms with Crippen molar-refractivity contribution in [1.82, 2.24) is 19.1 Å². The van der Waals surface area contributed by atoms with Crippen LogP contribution in [0.4, 0.5) is 0 Å². The van der Waals surface area contributed by atoms with Crippen LogP contribution in [0.1, 0.15) is 88.3 Å². The molecule has 2 unspecified atom stereocenters. The maximum atomic E-state index is 14.7. The first-order valence-electron chi connectivity index (χ1n) is 17.0. The standard InChI is InChI=1S/C36H44N4O4S/c1-21(2)45(43,44)37-35(41)33-29-20-39-30(17-23-11-7-12-26(34(23)39)22-9-5-4-6-10-22)31-27(32(29)33)13-8-14-28(31)36(42)40-24-15-16-25(40)19-38(3)18-24/h7-8,11-13,17,21-22,24-25,28,31H,4-6,9-10,14-16,18-20H2,1-3H3,(H,37,41)/t24?,25?,28-,31+/m1/s1. The predicted molar refractivity (Wildman–Crippen MR) is 175 cm³/mol. The van der Waals surface area contributed by atoms with Crippen LogP contribution in [-0.4, -0.2) is 72.1 Å². The number of sulfonamides is 1. The van der Waals surface area contributed by atoms with Crippen LogP contribution < -0.4 is 4.72 Å². The summed E-state index contributed by atoms with van der Waals surface area (Å²) in [6.45, 7) is 5.49. The number of amides is 2. The van der Waals surface area contributed by atoms with Crippen LogP contribution in [0, 0.1) is 5.92 Å². The Morgan fingerprint density at radius 1 is 1.00 bits per heavy atom. The minimum atomic E-state index is -3.78. The zero-order valence-electron chi connectivity index (χ0n) is 26.6. The number of carbonyl (C=O) groups is 2. The van der Waals surface area contributed by atoms with Crippen LogP contribution in [0.5, 0.6) is 0 Å². The van der Waals surface area contributed by atoms with Crippen molar-refractivity contribution >= 4 is 32.7 Å². The molecule has 1 saturated carbocycles. The highest BCUT2D eigenvalue weighted by molar-refractivity contribution is 7.90. The fraction of sp³-hybridized carbons (Fsp3) is 0.556. The van der Waals surface area contributed by atoms with E-state index in [-0.39, 0.29) is 29.8 Å². The van der Waals surface area contributed by atoms with Crippen molar-refractivity contribution in [3.8, 4) is 0 Å². The molecule has 3 aliphatic carbocycles. The molecule has 4 atom stereocenters. The highest BCUT2D eigenvalue weighted by atomic mass is 32.2. The van der Waals surface area contributed by atoms with Crippen molar-refractivity contribution in [2.24, 2.45) is 5.92 Å². The minimum absolute atomic E-state index is 0.201. The quantitative estimate of drug-likeness (QED) is 0.496. The molecule has 238 valence electrons. The third-order valence-electron chi connectivity index (χ3n) is 11.5. The molecule has 8 nitrogen and oxygen atoms in total. The van der Waals surface area contributed by atoms with Gasteiger partial charge in [-0.3, -0.25) is 9.59 Å². The first-order valence-corrected chi connectivity index (χ1v) is 18.5. The van der Waals surface area contributed by atoms with E-state index >= 15 is 0 Å². The Balaban J connectivity index is 1.27. The first-order chi connectivity index (χ1) is 21.6. The van der Waals surface area contributed by atoms with Crippen LogP contribution in [0.2, 0.25) is 0 Å². The zero-order valence-corrected chi connectivity index (χ0v) is 27.4. The lowest BCUT2D eigenvalue weighted by Crippen LogP contribution is -2.56. The molecule has 9 heteroatoms. The summed E-state index contributed by atoms with van der Waals surface area (Å²) in [5.41, 5.74) is 6.97. The van der Waals surface area contributed by atoms with E-state index in [1.807, 2.05) is 0 Å². The van der Waals surface area contributed by atoms with E-state index in [0.29, 0.717) is 24.5 Å². The van der Waals surface area contributed by atoms with Gasteiger partial charge >= 0.3 is 0 Å². The van der Waals surface area contributed by atoms with Gasteiger partial charge in [0.05, 0.1) is 22.3 Å². The number of likely N-dealkylation sites (N-methyl/N-ethyl adjacent to an activating group) is 1. The van der Waals surface area contributed by atoms with Crippen molar-refractivity contribution in [1.29, 1.82) is 0 Å². The topological polar surface area (TPSA) is 91.7 Å². The molecule has 1 N–H and O–H groups in total. The van der Waals surface area contributed by atoms with Gasteiger partial charge in [-0.1, -0.05) is 49.6 Å². The number of benzene rings is 1. The van der Waals surface area contributed by atoms with Crippen molar-refractivity contribution in [3.63, 3.8) is 0 Å². The average molecular weight is 629 g/mol. The molecule has 3 fully saturated rings. The highest BCUT2D eigenvalue weighted by Crippen LogP contribution is 2.55. The molecule has 3 aliphatic heterocycles. The van der Waals surface area contributed by atoms with Crippen molar-refractivity contribution < 1.29 is 18.0 Å². The van der Waals surface area contributed by atoms with Crippen LogP contribution in [0.15, 0.2) is 58.7 Å². The Bertz CT molecular complexity index is 1790. The monoisotopic (exact) mass is 628 g/mol. The molecule has 4 heterocycles. The first kappa shape index (κ1) is 29.2. The summed E-state index contributed by atoms with van der Waals surface area (Å²) < 4.78 is 30.2. The van der Waals surface area contributed by atoms with Crippen molar-refractivity contribution in [3.05, 3.63) is 70.0 Å². The van der Waals surface area contributed by atoms with Gasteiger partial charge in [0.25, 0.3) is 5.91 Å². The highest BCUT2D eigenvalue weighted by Gasteiger charge is 2.50. The largest absolute Gasteiger partial charge is 0.339 e. The molecule has 2 saturated heterocycles. The third-order valence-corrected chi connectivity index (χ3v) is 13.2. The van der Waals surface area contributed by atoms with Crippen molar-refractivity contribution in [2.75, 3.05) is 20.1 Å². The number of nitrogens with zero attached hydrogens (tertiary/aromatic N) is 3. The number of hydrogen-bond donors (Lipinski definition) is 1. The number of piperazine rings is 1. The zero-order chi connectivity index (χ0) is 31.2. The summed E-state index contributed by atoms with van der Waals surface area (Å²) in [6, 6.07) is 9.44. The van der Waals surface area contributed by atoms with E-state index in [1.165, 1.54) is 48.6 Å². The molecule has 45 heavy (non-hydrogen) atoms. The number of aromatic nitrogens is 1. The fourth-order valence-corrected chi connectivity index (χ4v) is 9.86. The molecule has 8 rings (SSSR count). The SMILES string of the molecule is CC(C)S(=O)(=O)NC(=O)C1=C2Cn3c(cc4cccc(C5CCCCC5)c43)[C@H]3C(=C21)C=CC[C@H]3C(=O)N1C2CCC1CN(C)C2. The van der Waals surface area contributed by atoms with E-state index in [9.17, 15) is 18.0 Å². The van der Waals surface area contributed by atoms with E-state index in [4.69, 9.17) is 0 Å². The van der Waals surface area contributed by atoms with E-state index in [1.54, 1.807) is 13.8 Å². The molecule has 2 bridgehead atoms.